The Bertz CT molecular complexity index is 678. The average molecular weight is 248 g/mol. The highest BCUT2D eigenvalue weighted by atomic mass is 15.3. The van der Waals surface area contributed by atoms with E-state index in [9.17, 15) is 0 Å². The third-order valence-electron chi connectivity index (χ3n) is 2.79. The maximum atomic E-state index is 4.14. The molecule has 0 saturated carbocycles. The molecule has 3 aromatic rings. The quantitative estimate of drug-likeness (QED) is 0.699. The molecule has 0 aliphatic heterocycles. The minimum absolute atomic E-state index is 0.539. The van der Waals surface area contributed by atoms with E-state index in [0.717, 1.165) is 16.7 Å². The van der Waals surface area contributed by atoms with Crippen molar-refractivity contribution in [2.45, 2.75) is 6.92 Å². The summed E-state index contributed by atoms with van der Waals surface area (Å²) >= 11 is 0. The molecule has 0 atom stereocenters. The van der Waals surface area contributed by atoms with E-state index in [0.29, 0.717) is 11.6 Å². The number of hydrogen-bond acceptors (Lipinski definition) is 4. The highest BCUT2D eigenvalue weighted by Gasteiger charge is 2.05. The summed E-state index contributed by atoms with van der Waals surface area (Å²) in [6.45, 7) is 2.03. The monoisotopic (exact) mass is 248 g/mol. The first-order valence-electron chi connectivity index (χ1n) is 6.03. The number of hydrogen-bond donors (Lipinski definition) is 0. The molecule has 19 heavy (non-hydrogen) atoms. The van der Waals surface area contributed by atoms with Crippen LogP contribution in [0.1, 0.15) is 5.56 Å². The minimum Gasteiger partial charge on any atom is -0.126 e. The van der Waals surface area contributed by atoms with Crippen LogP contribution in [0.25, 0.3) is 22.8 Å². The number of aryl methyl sites for hydroxylation is 1. The second-order valence-electron chi connectivity index (χ2n) is 4.28. The van der Waals surface area contributed by atoms with Crippen LogP contribution in [0.4, 0.5) is 0 Å². The summed E-state index contributed by atoms with van der Waals surface area (Å²) in [6, 6.07) is 17.7. The molecule has 4 heteroatoms. The van der Waals surface area contributed by atoms with Gasteiger partial charge in [-0.25, -0.2) is 0 Å². The van der Waals surface area contributed by atoms with Crippen LogP contribution >= 0.6 is 0 Å². The van der Waals surface area contributed by atoms with Crippen molar-refractivity contribution in [3.05, 3.63) is 60.2 Å². The van der Waals surface area contributed by atoms with E-state index >= 15 is 0 Å². The Morgan fingerprint density at radius 1 is 0.632 bits per heavy atom. The van der Waals surface area contributed by atoms with Gasteiger partial charge in [-0.15, -0.1) is 20.4 Å². The second-order valence-corrected chi connectivity index (χ2v) is 4.28. The highest BCUT2D eigenvalue weighted by Crippen LogP contribution is 2.16. The van der Waals surface area contributed by atoms with Gasteiger partial charge in [0.05, 0.1) is 0 Å². The van der Waals surface area contributed by atoms with Crippen LogP contribution in [0, 0.1) is 6.92 Å². The summed E-state index contributed by atoms with van der Waals surface area (Å²) in [5.74, 6) is 1.08. The lowest BCUT2D eigenvalue weighted by Crippen LogP contribution is -1.99. The number of benzene rings is 2. The smallest absolute Gasteiger partial charge is 0.126 e. The Kier molecular flexibility index (Phi) is 2.98. The molecule has 1 heterocycles. The summed E-state index contributed by atoms with van der Waals surface area (Å²) in [4.78, 5) is 0. The molecule has 0 saturated heterocycles. The molecule has 3 rings (SSSR count). The van der Waals surface area contributed by atoms with Crippen LogP contribution in [-0.4, -0.2) is 20.4 Å². The molecule has 0 unspecified atom stereocenters. The SMILES string of the molecule is Cc1cccc(-c2nnc(-c3ccccc3)nn2)c1. The van der Waals surface area contributed by atoms with Crippen molar-refractivity contribution in [1.82, 2.24) is 20.4 Å². The first kappa shape index (κ1) is 11.5. The Morgan fingerprint density at radius 2 is 1.21 bits per heavy atom. The van der Waals surface area contributed by atoms with Crippen LogP contribution < -0.4 is 0 Å². The molecule has 0 N–H and O–H groups in total. The lowest BCUT2D eigenvalue weighted by Gasteiger charge is -2.01. The number of aromatic nitrogens is 4. The predicted molar refractivity (Wildman–Crippen MR) is 73.2 cm³/mol. The van der Waals surface area contributed by atoms with Gasteiger partial charge >= 0.3 is 0 Å². The van der Waals surface area contributed by atoms with Gasteiger partial charge in [-0.05, 0) is 13.0 Å². The van der Waals surface area contributed by atoms with E-state index < -0.39 is 0 Å². The van der Waals surface area contributed by atoms with Gasteiger partial charge in [0.25, 0.3) is 0 Å². The highest BCUT2D eigenvalue weighted by molar-refractivity contribution is 5.57. The predicted octanol–water partition coefficient (Wildman–Crippen LogP) is 2.91. The van der Waals surface area contributed by atoms with Gasteiger partial charge in [0.2, 0.25) is 11.6 Å². The van der Waals surface area contributed by atoms with E-state index in [1.165, 1.54) is 0 Å². The Morgan fingerprint density at radius 3 is 1.84 bits per heavy atom. The normalized spacial score (nSPS) is 10.4. The van der Waals surface area contributed by atoms with Gasteiger partial charge in [0.1, 0.15) is 0 Å². The third-order valence-corrected chi connectivity index (χ3v) is 2.79. The van der Waals surface area contributed by atoms with Gasteiger partial charge < -0.3 is 0 Å². The Balaban J connectivity index is 1.95. The fourth-order valence-electron chi connectivity index (χ4n) is 1.83. The molecule has 0 aliphatic rings. The lowest BCUT2D eigenvalue weighted by molar-refractivity contribution is 0.876. The summed E-state index contributed by atoms with van der Waals surface area (Å²) in [5, 5.41) is 16.5. The van der Waals surface area contributed by atoms with Crippen LogP contribution in [0.5, 0.6) is 0 Å². The molecule has 0 aliphatic carbocycles. The van der Waals surface area contributed by atoms with Crippen LogP contribution in [0.2, 0.25) is 0 Å². The molecule has 2 aromatic carbocycles. The van der Waals surface area contributed by atoms with Crippen LogP contribution in [-0.2, 0) is 0 Å². The summed E-state index contributed by atoms with van der Waals surface area (Å²) in [5.41, 5.74) is 3.01. The van der Waals surface area contributed by atoms with E-state index in [2.05, 4.69) is 20.4 Å². The first-order chi connectivity index (χ1) is 9.33. The second kappa shape index (κ2) is 4.94. The number of nitrogens with zero attached hydrogens (tertiary/aromatic N) is 4. The van der Waals surface area contributed by atoms with Crippen molar-refractivity contribution >= 4 is 0 Å². The van der Waals surface area contributed by atoms with Crippen molar-refractivity contribution in [2.24, 2.45) is 0 Å². The van der Waals surface area contributed by atoms with Gasteiger partial charge in [-0.1, -0.05) is 54.1 Å². The molecule has 92 valence electrons. The molecule has 1 aromatic heterocycles. The molecule has 0 spiro atoms. The zero-order chi connectivity index (χ0) is 13.1. The lowest BCUT2D eigenvalue weighted by atomic mass is 10.1. The maximum Gasteiger partial charge on any atom is 0.203 e. The summed E-state index contributed by atoms with van der Waals surface area (Å²) in [6.07, 6.45) is 0. The molecule has 0 fully saturated rings. The largest absolute Gasteiger partial charge is 0.203 e. The topological polar surface area (TPSA) is 51.6 Å². The summed E-state index contributed by atoms with van der Waals surface area (Å²) < 4.78 is 0. The average Bonchev–Trinajstić information content (AvgIpc) is 2.48. The molecule has 0 radical (unpaired) electrons. The van der Waals surface area contributed by atoms with Gasteiger partial charge in [-0.3, -0.25) is 0 Å². The Hall–Kier alpha value is -2.62. The van der Waals surface area contributed by atoms with Gasteiger partial charge in [0.15, 0.2) is 0 Å². The van der Waals surface area contributed by atoms with Crippen LogP contribution in [0.3, 0.4) is 0 Å². The van der Waals surface area contributed by atoms with Crippen molar-refractivity contribution in [2.75, 3.05) is 0 Å². The van der Waals surface area contributed by atoms with Crippen molar-refractivity contribution < 1.29 is 0 Å². The zero-order valence-corrected chi connectivity index (χ0v) is 10.5. The fraction of sp³-hybridized carbons (Fsp3) is 0.0667. The van der Waals surface area contributed by atoms with Crippen LogP contribution in [0.15, 0.2) is 54.6 Å². The van der Waals surface area contributed by atoms with Gasteiger partial charge in [0, 0.05) is 11.1 Å². The molecule has 0 amide bonds. The molecular formula is C15H12N4. The van der Waals surface area contributed by atoms with Crippen molar-refractivity contribution in [3.63, 3.8) is 0 Å². The fourth-order valence-corrected chi connectivity index (χ4v) is 1.83. The van der Waals surface area contributed by atoms with E-state index in [-0.39, 0.29) is 0 Å². The van der Waals surface area contributed by atoms with Crippen molar-refractivity contribution in [1.29, 1.82) is 0 Å². The zero-order valence-electron chi connectivity index (χ0n) is 10.5. The maximum absolute atomic E-state index is 4.14. The Labute approximate surface area is 111 Å². The van der Waals surface area contributed by atoms with E-state index in [4.69, 9.17) is 0 Å². The first-order valence-corrected chi connectivity index (χ1v) is 6.03. The number of rotatable bonds is 2. The third kappa shape index (κ3) is 2.47. The van der Waals surface area contributed by atoms with Gasteiger partial charge in [-0.2, -0.15) is 0 Å². The molecule has 4 nitrogen and oxygen atoms in total. The van der Waals surface area contributed by atoms with E-state index in [1.807, 2.05) is 61.5 Å². The standard InChI is InChI=1S/C15H12N4/c1-11-6-5-9-13(10-11)15-18-16-14(17-19-15)12-7-3-2-4-8-12/h2-10H,1H3. The molecule has 0 bridgehead atoms. The van der Waals surface area contributed by atoms with Crippen molar-refractivity contribution in [3.8, 4) is 22.8 Å². The summed E-state index contributed by atoms with van der Waals surface area (Å²) in [7, 11) is 0. The molecular weight excluding hydrogens is 236 g/mol. The minimum atomic E-state index is 0.539. The van der Waals surface area contributed by atoms with E-state index in [1.54, 1.807) is 0 Å².